The van der Waals surface area contributed by atoms with Crippen molar-refractivity contribution >= 4 is 19.8 Å². The van der Waals surface area contributed by atoms with E-state index in [1.165, 1.54) is 26.2 Å². The molecule has 200 valence electrons. The van der Waals surface area contributed by atoms with Crippen molar-refractivity contribution in [2.75, 3.05) is 13.2 Å². The first-order valence-electron chi connectivity index (χ1n) is 12.3. The normalized spacial score (nSPS) is 19.0. The van der Waals surface area contributed by atoms with E-state index in [2.05, 4.69) is 35.8 Å². The van der Waals surface area contributed by atoms with E-state index < -0.39 is 32.5 Å². The Bertz CT molecular complexity index is 741. The van der Waals surface area contributed by atoms with Gasteiger partial charge >= 0.3 is 19.8 Å². The molecule has 0 radical (unpaired) electrons. The summed E-state index contributed by atoms with van der Waals surface area (Å²) in [6.45, 7) is 2.48. The molecule has 0 aromatic rings. The van der Waals surface area contributed by atoms with Crippen LogP contribution in [0.15, 0.2) is 36.5 Å². The molecule has 1 aliphatic rings. The number of esters is 2. The molecule has 0 aromatic heterocycles. The molecule has 2 unspecified atom stereocenters. The Balaban J connectivity index is 2.11. The van der Waals surface area contributed by atoms with Gasteiger partial charge in [-0.2, -0.15) is 0 Å². The van der Waals surface area contributed by atoms with Gasteiger partial charge in [0.15, 0.2) is 6.10 Å². The lowest BCUT2D eigenvalue weighted by Crippen LogP contribution is -2.29. The number of hydrogen-bond donors (Lipinski definition) is 2. The smallest absolute Gasteiger partial charge is 0.462 e. The number of ether oxygens (including phenoxy) is 3. The molecule has 0 saturated carbocycles. The number of epoxide rings is 1. The Kier molecular flexibility index (Phi) is 16.5. The SMILES string of the molecule is CCCCC/C=C\CC1OC1C/C=C\C/C=C\CCCC(=O)O[C@H](COC(C)=O)COP(=O)(O)O. The summed E-state index contributed by atoms with van der Waals surface area (Å²) in [4.78, 5) is 40.4. The van der Waals surface area contributed by atoms with Gasteiger partial charge in [0.25, 0.3) is 0 Å². The van der Waals surface area contributed by atoms with Crippen LogP contribution in [0.1, 0.15) is 78.1 Å². The average Bonchev–Trinajstić information content (AvgIpc) is 3.54. The molecule has 10 heteroatoms. The van der Waals surface area contributed by atoms with Crippen LogP contribution >= 0.6 is 7.82 Å². The number of phosphoric acid groups is 1. The molecule has 35 heavy (non-hydrogen) atoms. The fourth-order valence-corrected chi connectivity index (χ4v) is 3.55. The molecule has 3 atom stereocenters. The van der Waals surface area contributed by atoms with Gasteiger partial charge in [-0.25, -0.2) is 4.57 Å². The molecule has 9 nitrogen and oxygen atoms in total. The van der Waals surface area contributed by atoms with E-state index in [9.17, 15) is 14.2 Å². The van der Waals surface area contributed by atoms with Crippen LogP contribution in [0, 0.1) is 0 Å². The van der Waals surface area contributed by atoms with E-state index in [4.69, 9.17) is 24.0 Å². The molecule has 0 bridgehead atoms. The van der Waals surface area contributed by atoms with Crippen LogP contribution in [0.25, 0.3) is 0 Å². The molecule has 0 aromatic carbocycles. The average molecular weight is 517 g/mol. The second-order valence-corrected chi connectivity index (χ2v) is 9.66. The summed E-state index contributed by atoms with van der Waals surface area (Å²) in [6, 6.07) is 0. The Morgan fingerprint density at radius 3 is 2.23 bits per heavy atom. The lowest BCUT2D eigenvalue weighted by Gasteiger charge is -2.17. The molecule has 0 spiro atoms. The summed E-state index contributed by atoms with van der Waals surface area (Å²) in [7, 11) is -4.72. The van der Waals surface area contributed by atoms with Crippen molar-refractivity contribution in [1.29, 1.82) is 0 Å². The number of carbonyl (C=O) groups excluding carboxylic acids is 2. The Hall–Kier alpha value is -1.77. The number of carbonyl (C=O) groups is 2. The van der Waals surface area contributed by atoms with E-state index >= 15 is 0 Å². The zero-order chi connectivity index (χ0) is 25.9. The maximum atomic E-state index is 12.0. The quantitative estimate of drug-likeness (QED) is 0.0760. The van der Waals surface area contributed by atoms with Crippen molar-refractivity contribution < 1.29 is 42.7 Å². The molecule has 1 heterocycles. The van der Waals surface area contributed by atoms with Gasteiger partial charge in [-0.05, 0) is 44.9 Å². The van der Waals surface area contributed by atoms with Gasteiger partial charge in [-0.15, -0.1) is 0 Å². The highest BCUT2D eigenvalue weighted by molar-refractivity contribution is 7.46. The molecule has 2 N–H and O–H groups in total. The van der Waals surface area contributed by atoms with Crippen LogP contribution < -0.4 is 0 Å². The first-order valence-corrected chi connectivity index (χ1v) is 13.9. The molecule has 1 rings (SSSR count). The van der Waals surface area contributed by atoms with Crippen molar-refractivity contribution in [2.24, 2.45) is 0 Å². The molecular formula is C25H41O9P. The lowest BCUT2D eigenvalue weighted by atomic mass is 10.1. The summed E-state index contributed by atoms with van der Waals surface area (Å²) < 4.78 is 30.7. The Morgan fingerprint density at radius 1 is 0.943 bits per heavy atom. The Labute approximate surface area is 208 Å². The largest absolute Gasteiger partial charge is 0.469 e. The van der Waals surface area contributed by atoms with Gasteiger partial charge in [0.05, 0.1) is 18.8 Å². The van der Waals surface area contributed by atoms with Gasteiger partial charge in [-0.3, -0.25) is 14.1 Å². The van der Waals surface area contributed by atoms with Crippen LogP contribution in [0.5, 0.6) is 0 Å². The summed E-state index contributed by atoms with van der Waals surface area (Å²) in [6.07, 6.45) is 21.4. The number of allylic oxidation sites excluding steroid dienone is 4. The third kappa shape index (κ3) is 19.1. The van der Waals surface area contributed by atoms with Crippen molar-refractivity contribution in [1.82, 2.24) is 0 Å². The minimum atomic E-state index is -4.72. The van der Waals surface area contributed by atoms with E-state index in [0.29, 0.717) is 25.0 Å². The lowest BCUT2D eigenvalue weighted by molar-refractivity contribution is -0.160. The summed E-state index contributed by atoms with van der Waals surface area (Å²) in [5, 5.41) is 0. The maximum Gasteiger partial charge on any atom is 0.469 e. The van der Waals surface area contributed by atoms with Crippen molar-refractivity contribution in [3.05, 3.63) is 36.5 Å². The molecule has 1 aliphatic heterocycles. The topological polar surface area (TPSA) is 132 Å². The second-order valence-electron chi connectivity index (χ2n) is 8.42. The van der Waals surface area contributed by atoms with E-state index in [-0.39, 0.29) is 13.0 Å². The van der Waals surface area contributed by atoms with Crippen molar-refractivity contribution in [2.45, 2.75) is 96.4 Å². The minimum absolute atomic E-state index is 0.125. The second kappa shape index (κ2) is 18.5. The fourth-order valence-electron chi connectivity index (χ4n) is 3.19. The molecule has 1 saturated heterocycles. The zero-order valence-corrected chi connectivity index (χ0v) is 21.8. The van der Waals surface area contributed by atoms with E-state index in [1.54, 1.807) is 0 Å². The van der Waals surface area contributed by atoms with Crippen molar-refractivity contribution in [3.63, 3.8) is 0 Å². The van der Waals surface area contributed by atoms with Gasteiger partial charge in [0.1, 0.15) is 6.61 Å². The fraction of sp³-hybridized carbons (Fsp3) is 0.680. The summed E-state index contributed by atoms with van der Waals surface area (Å²) in [5.41, 5.74) is 0. The monoisotopic (exact) mass is 516 g/mol. The minimum Gasteiger partial charge on any atom is -0.462 e. The summed E-state index contributed by atoms with van der Waals surface area (Å²) >= 11 is 0. The van der Waals surface area contributed by atoms with Crippen LogP contribution in [-0.4, -0.2) is 53.3 Å². The highest BCUT2D eigenvalue weighted by Gasteiger charge is 2.35. The van der Waals surface area contributed by atoms with Gasteiger partial charge in [-0.1, -0.05) is 56.2 Å². The first-order chi connectivity index (χ1) is 16.7. The maximum absolute atomic E-state index is 12.0. The third-order valence-electron chi connectivity index (χ3n) is 5.12. The number of phosphoric ester groups is 1. The van der Waals surface area contributed by atoms with E-state index in [1.807, 2.05) is 12.2 Å². The van der Waals surface area contributed by atoms with Gasteiger partial charge < -0.3 is 24.0 Å². The molecule has 1 fully saturated rings. The van der Waals surface area contributed by atoms with Gasteiger partial charge in [0, 0.05) is 13.3 Å². The highest BCUT2D eigenvalue weighted by Crippen LogP contribution is 2.35. The standard InChI is InChI=1S/C25H41O9P/c1-3-4-5-6-10-13-16-23-24(34-23)17-14-11-8-7-9-12-15-18-25(27)33-22(19-31-21(2)26)20-32-35(28,29)30/h7,9-11,13-14,22-24H,3-6,8,12,15-20H2,1-2H3,(H2,28,29,30)/b9-7-,13-10-,14-11-/t22-,23?,24?/m1/s1. The Morgan fingerprint density at radius 2 is 1.57 bits per heavy atom. The predicted molar refractivity (Wildman–Crippen MR) is 132 cm³/mol. The molecule has 0 aliphatic carbocycles. The predicted octanol–water partition coefficient (Wildman–Crippen LogP) is 4.93. The first kappa shape index (κ1) is 31.3. The van der Waals surface area contributed by atoms with Crippen LogP contribution in [-0.2, 0) is 32.9 Å². The van der Waals surface area contributed by atoms with E-state index in [0.717, 1.165) is 25.7 Å². The van der Waals surface area contributed by atoms with Crippen molar-refractivity contribution in [3.8, 4) is 0 Å². The zero-order valence-electron chi connectivity index (χ0n) is 20.9. The summed E-state index contributed by atoms with van der Waals surface area (Å²) in [5.74, 6) is -1.16. The highest BCUT2D eigenvalue weighted by atomic mass is 31.2. The number of unbranched alkanes of at least 4 members (excludes halogenated alkanes) is 4. The van der Waals surface area contributed by atoms with Crippen LogP contribution in [0.4, 0.5) is 0 Å². The molecular weight excluding hydrogens is 475 g/mol. The third-order valence-corrected chi connectivity index (χ3v) is 5.61. The van der Waals surface area contributed by atoms with Crippen LogP contribution in [0.3, 0.4) is 0 Å². The van der Waals surface area contributed by atoms with Crippen LogP contribution in [0.2, 0.25) is 0 Å². The number of hydrogen-bond acceptors (Lipinski definition) is 7. The number of rotatable bonds is 20. The van der Waals surface area contributed by atoms with Gasteiger partial charge in [0.2, 0.25) is 0 Å². The molecule has 0 amide bonds.